The van der Waals surface area contributed by atoms with Gasteiger partial charge in [-0.05, 0) is 15.9 Å². The molecule has 5 heteroatoms. The van der Waals surface area contributed by atoms with Crippen molar-refractivity contribution in [3.8, 4) is 6.07 Å². The fraction of sp³-hybridized carbons (Fsp3) is 0.125. The minimum Gasteiger partial charge on any atom is -0.195 e. The highest BCUT2D eigenvalue weighted by Gasteiger charge is 2.38. The van der Waals surface area contributed by atoms with Crippen molar-refractivity contribution in [1.82, 2.24) is 5.34 Å². The highest BCUT2D eigenvalue weighted by atomic mass is 79.9. The molecular formula is C8H5BrF2N2. The van der Waals surface area contributed by atoms with Crippen LogP contribution in [0.3, 0.4) is 0 Å². The van der Waals surface area contributed by atoms with Crippen LogP contribution in [0.4, 0.5) is 8.96 Å². The summed E-state index contributed by atoms with van der Waals surface area (Å²) in [6, 6.07) is 9.25. The van der Waals surface area contributed by atoms with Crippen molar-refractivity contribution in [2.24, 2.45) is 0 Å². The zero-order valence-corrected chi connectivity index (χ0v) is 8.00. The van der Waals surface area contributed by atoms with E-state index in [0.29, 0.717) is 0 Å². The first kappa shape index (κ1) is 10.1. The van der Waals surface area contributed by atoms with Gasteiger partial charge in [0.15, 0.2) is 0 Å². The van der Waals surface area contributed by atoms with Crippen LogP contribution >= 0.6 is 15.9 Å². The summed E-state index contributed by atoms with van der Waals surface area (Å²) in [6.45, 7) is 0. The fourth-order valence-corrected chi connectivity index (χ4v) is 1.12. The molecule has 0 N–H and O–H groups in total. The highest BCUT2D eigenvalue weighted by molar-refractivity contribution is 9.09. The van der Waals surface area contributed by atoms with Gasteiger partial charge >= 0.3 is 0 Å². The van der Waals surface area contributed by atoms with Crippen LogP contribution in [0.1, 0.15) is 5.56 Å². The van der Waals surface area contributed by atoms with Gasteiger partial charge in [-0.15, -0.1) is 0 Å². The number of hydrogen-bond donors (Lipinski definition) is 0. The smallest absolute Gasteiger partial charge is 0.195 e. The second-order valence-corrected chi connectivity index (χ2v) is 3.48. The van der Waals surface area contributed by atoms with E-state index in [1.54, 1.807) is 18.2 Å². The van der Waals surface area contributed by atoms with Gasteiger partial charge in [-0.25, -0.2) is 0 Å². The predicted molar refractivity (Wildman–Crippen MR) is 46.7 cm³/mol. The molecule has 0 aliphatic carbocycles. The first-order valence-corrected chi connectivity index (χ1v) is 4.18. The molecule has 1 aromatic carbocycles. The number of halogens is 3. The van der Waals surface area contributed by atoms with Gasteiger partial charge in [-0.1, -0.05) is 39.3 Å². The Bertz CT molecular complexity index is 323. The van der Waals surface area contributed by atoms with Gasteiger partial charge < -0.3 is 0 Å². The van der Waals surface area contributed by atoms with Crippen molar-refractivity contribution in [2.75, 3.05) is 0 Å². The summed E-state index contributed by atoms with van der Waals surface area (Å²) in [5, 5.41) is 7.43. The number of nitriles is 1. The Kier molecular flexibility index (Phi) is 2.96. The molecule has 0 bridgehead atoms. The van der Waals surface area contributed by atoms with E-state index in [0.717, 1.165) is 0 Å². The van der Waals surface area contributed by atoms with Crippen LogP contribution in [0.15, 0.2) is 30.3 Å². The maximum atomic E-state index is 12.3. The van der Waals surface area contributed by atoms with Crippen LogP contribution in [0.5, 0.6) is 0 Å². The third-order valence-electron chi connectivity index (χ3n) is 1.54. The van der Waals surface area contributed by atoms with Crippen LogP contribution in [0.25, 0.3) is 0 Å². The van der Waals surface area contributed by atoms with E-state index in [9.17, 15) is 8.96 Å². The number of rotatable bonds is 2. The lowest BCUT2D eigenvalue weighted by Gasteiger charge is -2.18. The SMILES string of the molecule is N#CC(Br)(c1ccccc1)N(F)F. The Balaban J connectivity index is 3.13. The molecule has 0 fully saturated rings. The van der Waals surface area contributed by atoms with Gasteiger partial charge in [0.2, 0.25) is 4.45 Å². The Labute approximate surface area is 82.4 Å². The Morgan fingerprint density at radius 2 is 1.85 bits per heavy atom. The van der Waals surface area contributed by atoms with Crippen molar-refractivity contribution < 1.29 is 8.96 Å². The molecule has 0 spiro atoms. The zero-order chi connectivity index (χ0) is 9.90. The van der Waals surface area contributed by atoms with Crippen molar-refractivity contribution >= 4 is 15.9 Å². The van der Waals surface area contributed by atoms with Crippen molar-refractivity contribution in [3.63, 3.8) is 0 Å². The topological polar surface area (TPSA) is 27.0 Å². The number of alkyl halides is 1. The number of hydrogen-bond acceptors (Lipinski definition) is 2. The minimum atomic E-state index is -2.05. The van der Waals surface area contributed by atoms with Gasteiger partial charge in [-0.2, -0.15) is 5.26 Å². The summed E-state index contributed by atoms with van der Waals surface area (Å²) in [5.41, 5.74) is 0.197. The van der Waals surface area contributed by atoms with E-state index in [4.69, 9.17) is 5.26 Å². The number of benzene rings is 1. The summed E-state index contributed by atoms with van der Waals surface area (Å²) in [4.78, 5) is 0. The van der Waals surface area contributed by atoms with Crippen LogP contribution in [-0.4, -0.2) is 5.34 Å². The molecule has 0 amide bonds. The molecule has 0 radical (unpaired) electrons. The molecule has 0 saturated heterocycles. The molecule has 0 aliphatic rings. The van der Waals surface area contributed by atoms with E-state index in [2.05, 4.69) is 15.9 Å². The van der Waals surface area contributed by atoms with E-state index >= 15 is 0 Å². The molecule has 2 nitrogen and oxygen atoms in total. The van der Waals surface area contributed by atoms with Gasteiger partial charge in [0.1, 0.15) is 6.07 Å². The largest absolute Gasteiger partial charge is 0.248 e. The van der Waals surface area contributed by atoms with Crippen LogP contribution < -0.4 is 0 Å². The van der Waals surface area contributed by atoms with E-state index in [1.807, 2.05) is 0 Å². The molecule has 1 rings (SSSR count). The van der Waals surface area contributed by atoms with Crippen LogP contribution in [0.2, 0.25) is 0 Å². The van der Waals surface area contributed by atoms with E-state index < -0.39 is 9.79 Å². The Morgan fingerprint density at radius 3 is 2.23 bits per heavy atom. The lowest BCUT2D eigenvalue weighted by molar-refractivity contribution is -0.184. The molecule has 13 heavy (non-hydrogen) atoms. The van der Waals surface area contributed by atoms with E-state index in [-0.39, 0.29) is 5.56 Å². The molecule has 1 unspecified atom stereocenters. The number of nitrogens with zero attached hydrogens (tertiary/aromatic N) is 2. The standard InChI is InChI=1S/C8H5BrF2N2/c9-8(6-12,13(10)11)7-4-2-1-3-5-7/h1-5H. The summed E-state index contributed by atoms with van der Waals surface area (Å²) < 4.78 is 22.6. The summed E-state index contributed by atoms with van der Waals surface area (Å²) in [7, 11) is 0. The monoisotopic (exact) mass is 246 g/mol. The quantitative estimate of drug-likeness (QED) is 0.456. The van der Waals surface area contributed by atoms with Gasteiger partial charge in [0.25, 0.3) is 0 Å². The maximum absolute atomic E-state index is 12.3. The van der Waals surface area contributed by atoms with Crippen LogP contribution in [-0.2, 0) is 4.45 Å². The Morgan fingerprint density at radius 1 is 1.31 bits per heavy atom. The average Bonchev–Trinajstić information content (AvgIpc) is 2.17. The van der Waals surface area contributed by atoms with Crippen molar-refractivity contribution in [3.05, 3.63) is 35.9 Å². The third kappa shape index (κ3) is 1.85. The van der Waals surface area contributed by atoms with Gasteiger partial charge in [0.05, 0.1) is 5.34 Å². The molecule has 0 heterocycles. The first-order chi connectivity index (χ1) is 6.11. The van der Waals surface area contributed by atoms with Crippen molar-refractivity contribution in [2.45, 2.75) is 4.45 Å². The molecule has 0 aromatic heterocycles. The maximum Gasteiger partial charge on any atom is 0.248 e. The Hall–Kier alpha value is -0.990. The molecule has 1 atom stereocenters. The molecule has 1 aromatic rings. The second-order valence-electron chi connectivity index (χ2n) is 2.33. The molecular weight excluding hydrogens is 242 g/mol. The molecule has 0 aliphatic heterocycles. The predicted octanol–water partition coefficient (Wildman–Crippen LogP) is 2.83. The third-order valence-corrected chi connectivity index (χ3v) is 2.44. The lowest BCUT2D eigenvalue weighted by atomic mass is 10.1. The minimum absolute atomic E-state index is 0.197. The second kappa shape index (κ2) is 3.81. The van der Waals surface area contributed by atoms with Crippen molar-refractivity contribution in [1.29, 1.82) is 5.26 Å². The molecule has 0 saturated carbocycles. The van der Waals surface area contributed by atoms with Crippen LogP contribution in [0, 0.1) is 11.3 Å². The average molecular weight is 247 g/mol. The van der Waals surface area contributed by atoms with Gasteiger partial charge in [0, 0.05) is 5.56 Å². The summed E-state index contributed by atoms with van der Waals surface area (Å²) >= 11 is 2.67. The highest BCUT2D eigenvalue weighted by Crippen LogP contribution is 2.35. The zero-order valence-electron chi connectivity index (χ0n) is 6.42. The van der Waals surface area contributed by atoms with Gasteiger partial charge in [-0.3, -0.25) is 0 Å². The summed E-state index contributed by atoms with van der Waals surface area (Å²) in [5.74, 6) is 0. The summed E-state index contributed by atoms with van der Waals surface area (Å²) in [6.07, 6.45) is 0. The fourth-order valence-electron chi connectivity index (χ4n) is 0.859. The lowest BCUT2D eigenvalue weighted by Crippen LogP contribution is -2.27. The van der Waals surface area contributed by atoms with E-state index in [1.165, 1.54) is 18.2 Å². The first-order valence-electron chi connectivity index (χ1n) is 3.38. The molecule has 68 valence electrons. The normalized spacial score (nSPS) is 15.0.